The first kappa shape index (κ1) is 54.2. The van der Waals surface area contributed by atoms with E-state index in [4.69, 9.17) is 18.8 Å². The summed E-state index contributed by atoms with van der Waals surface area (Å²) in [5.74, 6) is -0.168. The highest BCUT2D eigenvalue weighted by atomic mass is 32.3. The van der Waals surface area contributed by atoms with Crippen LogP contribution in [0.15, 0.2) is 42.5 Å². The molecule has 1 aromatic carbocycles. The second kappa shape index (κ2) is 34.5. The summed E-state index contributed by atoms with van der Waals surface area (Å²) in [6, 6.07) is 8.97. The van der Waals surface area contributed by atoms with Crippen molar-refractivity contribution in [3.8, 4) is 0 Å². The maximum atomic E-state index is 13.5. The zero-order chi connectivity index (χ0) is 43.7. The molecule has 0 spiro atoms. The highest BCUT2D eigenvalue weighted by Gasteiger charge is 2.45. The molecule has 2 rings (SSSR count). The Labute approximate surface area is 363 Å². The van der Waals surface area contributed by atoms with E-state index in [2.05, 4.69) is 29.4 Å². The fourth-order valence-electron chi connectivity index (χ4n) is 7.57. The number of benzene rings is 1. The molecule has 1 fully saturated rings. The molecule has 1 heterocycles. The molecule has 5 unspecified atom stereocenters. The van der Waals surface area contributed by atoms with Crippen molar-refractivity contribution in [2.24, 2.45) is 0 Å². The standard InChI is InChI=1S/C47H83NO11S/c1-3-5-7-9-11-13-15-17-19-21-23-25-30-34-41(56-36-39-32-28-27-29-33-39)40(37-57-47-46(52)45(51)44(50)42(59-47)38-58-60(53,54)55)48-43(49)35-31-26-24-22-20-18-16-14-12-10-8-6-4-2/h27-30,32-34,40-42,44-47,50-52H,3-26,31,35-38H2,1-2H3,(H,48,49)(H,53,54,55)/b34-30+/t40-,41+,42?,44?,45?,46?,47?/m0/s1. The molecule has 1 aliphatic rings. The molecule has 7 atom stereocenters. The van der Waals surface area contributed by atoms with E-state index >= 15 is 0 Å². The van der Waals surface area contributed by atoms with E-state index in [-0.39, 0.29) is 19.1 Å². The molecule has 0 aromatic heterocycles. The largest absolute Gasteiger partial charge is 0.397 e. The van der Waals surface area contributed by atoms with Crippen LogP contribution < -0.4 is 5.32 Å². The van der Waals surface area contributed by atoms with Crippen LogP contribution in [0.1, 0.15) is 186 Å². The third kappa shape index (κ3) is 26.5. The zero-order valence-electron chi connectivity index (χ0n) is 37.1. The Hall–Kier alpha value is -1.94. The number of hydrogen-bond acceptors (Lipinski definition) is 10. The van der Waals surface area contributed by atoms with E-state index in [1.807, 2.05) is 36.4 Å². The van der Waals surface area contributed by atoms with Crippen LogP contribution in [0.4, 0.5) is 0 Å². The summed E-state index contributed by atoms with van der Waals surface area (Å²) in [5, 5.41) is 34.8. The third-order valence-corrected chi connectivity index (χ3v) is 11.8. The first-order valence-electron chi connectivity index (χ1n) is 23.6. The lowest BCUT2D eigenvalue weighted by Gasteiger charge is -2.40. The third-order valence-electron chi connectivity index (χ3n) is 11.3. The van der Waals surface area contributed by atoms with Crippen LogP contribution in [-0.4, -0.2) is 90.3 Å². The Bertz CT molecular complexity index is 1320. The lowest BCUT2D eigenvalue weighted by molar-refractivity contribution is -0.301. The van der Waals surface area contributed by atoms with Crippen LogP contribution in [0.5, 0.6) is 0 Å². The van der Waals surface area contributed by atoms with Crippen molar-refractivity contribution in [2.45, 2.75) is 230 Å². The van der Waals surface area contributed by atoms with Gasteiger partial charge in [0.15, 0.2) is 6.29 Å². The minimum Gasteiger partial charge on any atom is -0.387 e. The molecule has 0 saturated carbocycles. The van der Waals surface area contributed by atoms with Crippen molar-refractivity contribution < 1.29 is 51.5 Å². The SMILES string of the molecule is CCCCCCCCCCCCC/C=C/[C@@H](OCc1ccccc1)[C@H](COC1OC(COS(=O)(=O)O)C(O)C(O)C1O)NC(=O)CCCCCCCCCCCCCCC. The van der Waals surface area contributed by atoms with Gasteiger partial charge in [0.2, 0.25) is 5.91 Å². The van der Waals surface area contributed by atoms with Gasteiger partial charge in [-0.1, -0.05) is 198 Å². The average molecular weight is 870 g/mol. The number of unbranched alkanes of at least 4 members (excludes halogenated alkanes) is 23. The smallest absolute Gasteiger partial charge is 0.387 e. The van der Waals surface area contributed by atoms with Gasteiger partial charge in [-0.15, -0.1) is 0 Å². The molecule has 12 nitrogen and oxygen atoms in total. The molecule has 1 aromatic rings. The van der Waals surface area contributed by atoms with Crippen LogP contribution in [-0.2, 0) is 40.2 Å². The van der Waals surface area contributed by atoms with Crippen molar-refractivity contribution >= 4 is 16.3 Å². The van der Waals surface area contributed by atoms with Crippen molar-refractivity contribution in [2.75, 3.05) is 13.2 Å². The number of nitrogens with one attached hydrogen (secondary N) is 1. The summed E-state index contributed by atoms with van der Waals surface area (Å²) in [6.45, 7) is 3.72. The van der Waals surface area contributed by atoms with E-state index in [0.717, 1.165) is 50.5 Å². The molecule has 0 aliphatic carbocycles. The monoisotopic (exact) mass is 870 g/mol. The minimum absolute atomic E-state index is 0.168. The molecule has 0 radical (unpaired) electrons. The summed E-state index contributed by atoms with van der Waals surface area (Å²) in [6.07, 6.45) is 25.8. The fraction of sp³-hybridized carbons (Fsp3) is 0.809. The Kier molecular flexibility index (Phi) is 31.2. The molecular formula is C47H83NO11S. The highest BCUT2D eigenvalue weighted by Crippen LogP contribution is 2.24. The van der Waals surface area contributed by atoms with E-state index in [0.29, 0.717) is 6.42 Å². The quantitative estimate of drug-likeness (QED) is 0.0243. The second-order valence-corrected chi connectivity index (χ2v) is 17.8. The van der Waals surface area contributed by atoms with Crippen molar-refractivity contribution in [3.63, 3.8) is 0 Å². The van der Waals surface area contributed by atoms with Crippen LogP contribution in [0.25, 0.3) is 0 Å². The van der Waals surface area contributed by atoms with Gasteiger partial charge < -0.3 is 34.8 Å². The number of rotatable bonds is 38. The number of ether oxygens (including phenoxy) is 3. The number of aliphatic hydroxyl groups is 3. The van der Waals surface area contributed by atoms with Gasteiger partial charge in [-0.25, -0.2) is 4.18 Å². The summed E-state index contributed by atoms with van der Waals surface area (Å²) >= 11 is 0. The van der Waals surface area contributed by atoms with Gasteiger partial charge in [-0.05, 0) is 24.8 Å². The summed E-state index contributed by atoms with van der Waals surface area (Å²) in [5.41, 5.74) is 0.948. The summed E-state index contributed by atoms with van der Waals surface area (Å²) in [4.78, 5) is 13.5. The first-order chi connectivity index (χ1) is 29.1. The second-order valence-electron chi connectivity index (χ2n) is 16.7. The molecule has 1 aliphatic heterocycles. The lowest BCUT2D eigenvalue weighted by Crippen LogP contribution is -2.60. The van der Waals surface area contributed by atoms with Crippen LogP contribution in [0.2, 0.25) is 0 Å². The molecule has 0 bridgehead atoms. The van der Waals surface area contributed by atoms with Gasteiger partial charge in [-0.3, -0.25) is 9.35 Å². The number of carbonyl (C=O) groups is 1. The zero-order valence-corrected chi connectivity index (χ0v) is 38.0. The number of aliphatic hydroxyl groups excluding tert-OH is 3. The Morgan fingerprint density at radius 1 is 0.717 bits per heavy atom. The number of hydrogen-bond donors (Lipinski definition) is 5. The maximum absolute atomic E-state index is 13.5. The minimum atomic E-state index is -4.87. The molecule has 1 saturated heterocycles. The van der Waals surface area contributed by atoms with E-state index < -0.39 is 59.9 Å². The molecule has 348 valence electrons. The average Bonchev–Trinajstić information content (AvgIpc) is 3.23. The van der Waals surface area contributed by atoms with Crippen molar-refractivity contribution in [1.29, 1.82) is 0 Å². The van der Waals surface area contributed by atoms with Gasteiger partial charge >= 0.3 is 10.4 Å². The first-order valence-corrected chi connectivity index (χ1v) is 25.0. The summed E-state index contributed by atoms with van der Waals surface area (Å²) in [7, 11) is -4.87. The molecule has 13 heteroatoms. The van der Waals surface area contributed by atoms with Gasteiger partial charge in [0.05, 0.1) is 32.0 Å². The normalized spacial score (nSPS) is 20.7. The van der Waals surface area contributed by atoms with Gasteiger partial charge in [-0.2, -0.15) is 8.42 Å². The Balaban J connectivity index is 2.03. The van der Waals surface area contributed by atoms with Crippen LogP contribution in [0, 0.1) is 0 Å². The molecular weight excluding hydrogens is 787 g/mol. The molecule has 5 N–H and O–H groups in total. The molecule has 1 amide bonds. The highest BCUT2D eigenvalue weighted by molar-refractivity contribution is 7.80. The van der Waals surface area contributed by atoms with E-state index in [1.165, 1.54) is 116 Å². The van der Waals surface area contributed by atoms with Gasteiger partial charge in [0.25, 0.3) is 0 Å². The van der Waals surface area contributed by atoms with E-state index in [1.54, 1.807) is 0 Å². The number of allylic oxidation sites excluding steroid dienone is 1. The lowest BCUT2D eigenvalue weighted by atomic mass is 9.99. The number of carbonyl (C=O) groups excluding carboxylic acids is 1. The summed E-state index contributed by atoms with van der Waals surface area (Å²) < 4.78 is 53.9. The number of amides is 1. The van der Waals surface area contributed by atoms with Crippen molar-refractivity contribution in [3.05, 3.63) is 48.0 Å². The molecule has 60 heavy (non-hydrogen) atoms. The Morgan fingerprint density at radius 2 is 1.22 bits per heavy atom. The Morgan fingerprint density at radius 3 is 1.73 bits per heavy atom. The van der Waals surface area contributed by atoms with Crippen LogP contribution in [0.3, 0.4) is 0 Å². The van der Waals surface area contributed by atoms with Crippen molar-refractivity contribution in [1.82, 2.24) is 5.32 Å². The van der Waals surface area contributed by atoms with Crippen LogP contribution >= 0.6 is 0 Å². The predicted molar refractivity (Wildman–Crippen MR) is 238 cm³/mol. The van der Waals surface area contributed by atoms with E-state index in [9.17, 15) is 28.5 Å². The topological polar surface area (TPSA) is 181 Å². The fourth-order valence-corrected chi connectivity index (χ4v) is 7.88. The van der Waals surface area contributed by atoms with Gasteiger partial charge in [0, 0.05) is 6.42 Å². The van der Waals surface area contributed by atoms with Gasteiger partial charge in [0.1, 0.15) is 24.4 Å². The maximum Gasteiger partial charge on any atom is 0.397 e. The predicted octanol–water partition coefficient (Wildman–Crippen LogP) is 9.44.